The molecule has 7 nitrogen and oxygen atoms in total. The van der Waals surface area contributed by atoms with Gasteiger partial charge >= 0.3 is 11.9 Å². The summed E-state index contributed by atoms with van der Waals surface area (Å²) < 4.78 is 16.5. The van der Waals surface area contributed by atoms with Gasteiger partial charge in [0, 0.05) is 29.0 Å². The van der Waals surface area contributed by atoms with Crippen molar-refractivity contribution in [1.82, 2.24) is 4.90 Å². The number of halogens is 1. The van der Waals surface area contributed by atoms with Crippen molar-refractivity contribution >= 4 is 33.8 Å². The summed E-state index contributed by atoms with van der Waals surface area (Å²) in [6.07, 6.45) is 0. The molecule has 1 aromatic rings. The van der Waals surface area contributed by atoms with E-state index in [-0.39, 0.29) is 5.91 Å². The highest BCUT2D eigenvalue weighted by atomic mass is 79.9. The summed E-state index contributed by atoms with van der Waals surface area (Å²) in [6.45, 7) is 5.01. The second kappa shape index (κ2) is 7.59. The quantitative estimate of drug-likeness (QED) is 0.407. The van der Waals surface area contributed by atoms with Gasteiger partial charge in [0.2, 0.25) is 5.91 Å². The van der Waals surface area contributed by atoms with E-state index in [0.717, 1.165) is 4.47 Å². The lowest BCUT2D eigenvalue weighted by Crippen LogP contribution is -2.52. The summed E-state index contributed by atoms with van der Waals surface area (Å²) in [5.74, 6) is -2.98. The molecule has 0 N–H and O–H groups in total. The Labute approximate surface area is 166 Å². The zero-order valence-corrected chi connectivity index (χ0v) is 17.1. The lowest BCUT2D eigenvalue weighted by molar-refractivity contribution is -0.161. The fraction of sp³-hybridized carbons (Fsp3) is 0.526. The Morgan fingerprint density at radius 2 is 1.93 bits per heavy atom. The molecule has 8 heteroatoms. The number of esters is 2. The van der Waals surface area contributed by atoms with Gasteiger partial charge in [-0.15, -0.1) is 0 Å². The van der Waals surface area contributed by atoms with Gasteiger partial charge in [0.25, 0.3) is 0 Å². The van der Waals surface area contributed by atoms with Crippen LogP contribution in [0.3, 0.4) is 0 Å². The fourth-order valence-corrected chi connectivity index (χ4v) is 4.14. The number of carbonyl (C=O) groups is 3. The van der Waals surface area contributed by atoms with Crippen LogP contribution in [0.25, 0.3) is 0 Å². The van der Waals surface area contributed by atoms with E-state index >= 15 is 0 Å². The van der Waals surface area contributed by atoms with Gasteiger partial charge in [0.1, 0.15) is 11.7 Å². The molecule has 2 aliphatic heterocycles. The number of benzene rings is 1. The maximum absolute atomic E-state index is 13.2. The van der Waals surface area contributed by atoms with Crippen molar-refractivity contribution in [3.05, 3.63) is 28.2 Å². The maximum Gasteiger partial charge on any atom is 0.324 e. The van der Waals surface area contributed by atoms with Crippen molar-refractivity contribution in [2.45, 2.75) is 19.8 Å². The van der Waals surface area contributed by atoms with E-state index in [1.807, 2.05) is 0 Å². The molecule has 1 fully saturated rings. The zero-order chi connectivity index (χ0) is 19.8. The van der Waals surface area contributed by atoms with Crippen LogP contribution in [0.5, 0.6) is 5.75 Å². The van der Waals surface area contributed by atoms with Crippen LogP contribution in [0.4, 0.5) is 0 Å². The normalized spacial score (nSPS) is 22.7. The Balaban J connectivity index is 2.10. The third kappa shape index (κ3) is 3.60. The summed E-state index contributed by atoms with van der Waals surface area (Å²) in [5, 5.41) is 0. The molecule has 0 bridgehead atoms. The fourth-order valence-electron chi connectivity index (χ4n) is 3.76. The number of nitrogens with zero attached hydrogens (tertiary/aromatic N) is 1. The Hall–Kier alpha value is -1.93. The van der Waals surface area contributed by atoms with Crippen molar-refractivity contribution in [3.8, 4) is 5.75 Å². The third-order valence-electron chi connectivity index (χ3n) is 5.18. The molecule has 0 spiro atoms. The highest BCUT2D eigenvalue weighted by molar-refractivity contribution is 9.10. The molecule has 0 aliphatic carbocycles. The number of ether oxygens (including phenoxy) is 3. The van der Waals surface area contributed by atoms with E-state index in [1.165, 1.54) is 7.11 Å². The minimum Gasteiger partial charge on any atom is -0.469 e. The predicted molar refractivity (Wildman–Crippen MR) is 99.2 cm³/mol. The van der Waals surface area contributed by atoms with Gasteiger partial charge < -0.3 is 19.1 Å². The van der Waals surface area contributed by atoms with Crippen molar-refractivity contribution in [2.75, 3.05) is 33.4 Å². The second-order valence-corrected chi connectivity index (χ2v) is 8.13. The minimum absolute atomic E-state index is 0.351. The van der Waals surface area contributed by atoms with Gasteiger partial charge in [-0.05, 0) is 32.0 Å². The third-order valence-corrected chi connectivity index (χ3v) is 5.68. The van der Waals surface area contributed by atoms with E-state index in [4.69, 9.17) is 14.2 Å². The number of hydrogen-bond donors (Lipinski definition) is 0. The first-order valence-electron chi connectivity index (χ1n) is 8.73. The molecule has 0 aromatic heterocycles. The summed E-state index contributed by atoms with van der Waals surface area (Å²) in [6, 6.07) is 5.20. The molecule has 0 saturated carbocycles. The SMILES string of the molecule is COC(=O)C(C)(C)[C@H]1c2cc(Br)ccc2OC(=O)[C@H]1C(=O)N1CCOCC1. The molecule has 146 valence electrons. The highest BCUT2D eigenvalue weighted by Gasteiger charge is 2.54. The summed E-state index contributed by atoms with van der Waals surface area (Å²) in [7, 11) is 1.30. The van der Waals surface area contributed by atoms with Gasteiger partial charge in [-0.3, -0.25) is 14.4 Å². The Morgan fingerprint density at radius 3 is 2.56 bits per heavy atom. The molecule has 2 heterocycles. The zero-order valence-electron chi connectivity index (χ0n) is 15.5. The van der Waals surface area contributed by atoms with E-state index in [2.05, 4.69) is 15.9 Å². The molecule has 2 aliphatic rings. The van der Waals surface area contributed by atoms with Crippen LogP contribution in [0.2, 0.25) is 0 Å². The van der Waals surface area contributed by atoms with Crippen LogP contribution < -0.4 is 4.74 Å². The van der Waals surface area contributed by atoms with E-state index in [9.17, 15) is 14.4 Å². The van der Waals surface area contributed by atoms with Crippen molar-refractivity contribution in [3.63, 3.8) is 0 Å². The molecular formula is C19H22BrNO6. The Morgan fingerprint density at radius 1 is 1.26 bits per heavy atom. The van der Waals surface area contributed by atoms with Crippen LogP contribution in [-0.2, 0) is 23.9 Å². The van der Waals surface area contributed by atoms with E-state index in [0.29, 0.717) is 37.6 Å². The van der Waals surface area contributed by atoms with E-state index < -0.39 is 29.2 Å². The first-order chi connectivity index (χ1) is 12.8. The molecule has 0 unspecified atom stereocenters. The van der Waals surface area contributed by atoms with Crippen LogP contribution in [0, 0.1) is 11.3 Å². The second-order valence-electron chi connectivity index (χ2n) is 7.21. The molecule has 2 atom stereocenters. The molecule has 1 saturated heterocycles. The topological polar surface area (TPSA) is 82.1 Å². The summed E-state index contributed by atoms with van der Waals surface area (Å²) in [5.41, 5.74) is -0.484. The van der Waals surface area contributed by atoms with Crippen LogP contribution in [-0.4, -0.2) is 56.2 Å². The van der Waals surface area contributed by atoms with Crippen molar-refractivity contribution in [1.29, 1.82) is 0 Å². The smallest absolute Gasteiger partial charge is 0.324 e. The first-order valence-corrected chi connectivity index (χ1v) is 9.52. The van der Waals surface area contributed by atoms with Crippen molar-refractivity contribution < 1.29 is 28.6 Å². The number of carbonyl (C=O) groups excluding carboxylic acids is 3. The number of rotatable bonds is 3. The lowest BCUT2D eigenvalue weighted by Gasteiger charge is -2.41. The highest BCUT2D eigenvalue weighted by Crippen LogP contribution is 2.49. The molecular weight excluding hydrogens is 418 g/mol. The van der Waals surface area contributed by atoms with Crippen molar-refractivity contribution in [2.24, 2.45) is 11.3 Å². The van der Waals surface area contributed by atoms with Crippen LogP contribution >= 0.6 is 15.9 Å². The van der Waals surface area contributed by atoms with Crippen LogP contribution in [0.1, 0.15) is 25.3 Å². The van der Waals surface area contributed by atoms with E-state index in [1.54, 1.807) is 36.9 Å². The summed E-state index contributed by atoms with van der Waals surface area (Å²) >= 11 is 3.42. The average molecular weight is 440 g/mol. The Bertz CT molecular complexity index is 771. The predicted octanol–water partition coefficient (Wildman–Crippen LogP) is 2.13. The number of methoxy groups -OCH3 is 1. The first kappa shape index (κ1) is 19.8. The largest absolute Gasteiger partial charge is 0.469 e. The Kier molecular flexibility index (Phi) is 5.58. The maximum atomic E-state index is 13.2. The number of amides is 1. The van der Waals surface area contributed by atoms with Gasteiger partial charge in [0.05, 0.1) is 25.7 Å². The molecule has 3 rings (SSSR count). The van der Waals surface area contributed by atoms with Gasteiger partial charge in [0.15, 0.2) is 0 Å². The molecule has 0 radical (unpaired) electrons. The standard InChI is InChI=1S/C19H22BrNO6/c1-19(2,18(24)25-3)15-12-10-11(20)4-5-13(12)27-17(23)14(15)16(22)21-6-8-26-9-7-21/h4-5,10,14-15H,6-9H2,1-3H3/t14-,15+/m1/s1. The molecule has 1 aromatic carbocycles. The van der Waals surface area contributed by atoms with Gasteiger partial charge in [-0.1, -0.05) is 15.9 Å². The number of hydrogen-bond acceptors (Lipinski definition) is 6. The molecule has 27 heavy (non-hydrogen) atoms. The van der Waals surface area contributed by atoms with Gasteiger partial charge in [-0.25, -0.2) is 0 Å². The minimum atomic E-state index is -1.13. The number of morpholine rings is 1. The number of fused-ring (bicyclic) bond motifs is 1. The molecule has 1 amide bonds. The monoisotopic (exact) mass is 439 g/mol. The lowest BCUT2D eigenvalue weighted by atomic mass is 9.66. The van der Waals surface area contributed by atoms with Gasteiger partial charge in [-0.2, -0.15) is 0 Å². The average Bonchev–Trinajstić information content (AvgIpc) is 2.66. The van der Waals surface area contributed by atoms with Crippen LogP contribution in [0.15, 0.2) is 22.7 Å². The summed E-state index contributed by atoms with van der Waals surface area (Å²) in [4.78, 5) is 40.2.